The van der Waals surface area contributed by atoms with Gasteiger partial charge in [-0.3, -0.25) is 4.98 Å². The van der Waals surface area contributed by atoms with Crippen molar-refractivity contribution in [2.75, 3.05) is 5.32 Å². The van der Waals surface area contributed by atoms with E-state index in [4.69, 9.17) is 9.97 Å². The van der Waals surface area contributed by atoms with Crippen LogP contribution in [0, 0.1) is 0 Å². The van der Waals surface area contributed by atoms with Crippen LogP contribution in [0.1, 0.15) is 53.1 Å². The summed E-state index contributed by atoms with van der Waals surface area (Å²) in [5, 5.41) is 5.90. The molecule has 0 aliphatic heterocycles. The van der Waals surface area contributed by atoms with Gasteiger partial charge in [0.25, 0.3) is 0 Å². The van der Waals surface area contributed by atoms with Crippen LogP contribution in [-0.2, 0) is 19.3 Å². The van der Waals surface area contributed by atoms with E-state index in [0.29, 0.717) is 11.5 Å². The third-order valence-electron chi connectivity index (χ3n) is 5.25. The predicted octanol–water partition coefficient (Wildman–Crippen LogP) is 5.22. The molecule has 0 radical (unpaired) electrons. The van der Waals surface area contributed by atoms with Gasteiger partial charge in [-0.25, -0.2) is 19.9 Å². The van der Waals surface area contributed by atoms with Crippen molar-refractivity contribution in [2.24, 2.45) is 0 Å². The Balaban J connectivity index is 1.62. The summed E-state index contributed by atoms with van der Waals surface area (Å²) in [4.78, 5) is 26.8. The Kier molecular flexibility index (Phi) is 4.97. The highest BCUT2D eigenvalue weighted by Crippen LogP contribution is 2.40. The van der Waals surface area contributed by atoms with Gasteiger partial charge in [-0.15, -0.1) is 22.7 Å². The highest BCUT2D eigenvalue weighted by atomic mass is 32.1. The molecule has 4 aromatic rings. The lowest BCUT2D eigenvalue weighted by molar-refractivity contribution is 0.700. The Labute approximate surface area is 177 Å². The van der Waals surface area contributed by atoms with Gasteiger partial charge < -0.3 is 5.32 Å². The van der Waals surface area contributed by atoms with E-state index in [-0.39, 0.29) is 6.04 Å². The largest absolute Gasteiger partial charge is 0.360 e. The van der Waals surface area contributed by atoms with Gasteiger partial charge >= 0.3 is 0 Å². The Bertz CT molecular complexity index is 1150. The molecule has 0 saturated heterocycles. The first-order valence-electron chi connectivity index (χ1n) is 10.0. The van der Waals surface area contributed by atoms with Crippen molar-refractivity contribution in [3.63, 3.8) is 0 Å². The van der Waals surface area contributed by atoms with Crippen LogP contribution in [-0.4, -0.2) is 24.9 Å². The molecular weight excluding hydrogens is 400 g/mol. The number of thiazole rings is 1. The Hall–Kier alpha value is -2.45. The summed E-state index contributed by atoms with van der Waals surface area (Å²) in [5.74, 6) is 1.50. The lowest BCUT2D eigenvalue weighted by Crippen LogP contribution is -2.10. The second-order valence-corrected chi connectivity index (χ2v) is 9.49. The zero-order valence-electron chi connectivity index (χ0n) is 16.5. The molecule has 0 spiro atoms. The minimum absolute atomic E-state index is 0.0762. The first-order chi connectivity index (χ1) is 14.2. The highest BCUT2D eigenvalue weighted by Gasteiger charge is 2.23. The quantitative estimate of drug-likeness (QED) is 0.475. The molecule has 0 aromatic carbocycles. The molecule has 148 valence electrons. The second kappa shape index (κ2) is 7.76. The first-order valence-corrected chi connectivity index (χ1v) is 11.7. The zero-order valence-corrected chi connectivity index (χ0v) is 18.1. The van der Waals surface area contributed by atoms with Gasteiger partial charge in [0.2, 0.25) is 0 Å². The molecule has 0 bridgehead atoms. The molecule has 0 amide bonds. The van der Waals surface area contributed by atoms with Gasteiger partial charge in [-0.1, -0.05) is 6.92 Å². The number of fused-ring (bicyclic) bond motifs is 3. The van der Waals surface area contributed by atoms with Gasteiger partial charge in [-0.2, -0.15) is 0 Å². The van der Waals surface area contributed by atoms with E-state index < -0.39 is 0 Å². The molecule has 1 unspecified atom stereocenters. The summed E-state index contributed by atoms with van der Waals surface area (Å²) in [7, 11) is 0. The number of anilines is 1. The number of hydrogen-bond acceptors (Lipinski definition) is 8. The van der Waals surface area contributed by atoms with Crippen LogP contribution < -0.4 is 5.32 Å². The lowest BCUT2D eigenvalue weighted by atomic mass is 9.97. The summed E-state index contributed by atoms with van der Waals surface area (Å²) >= 11 is 3.56. The molecule has 1 atom stereocenters. The van der Waals surface area contributed by atoms with Crippen LogP contribution in [0.25, 0.3) is 21.7 Å². The van der Waals surface area contributed by atoms with Gasteiger partial charge in [0.05, 0.1) is 17.6 Å². The SMILES string of the molecule is CCc1cnc(C(C)Nc2nc(-c3cnccn3)nc3sc4c(c23)CCCC4)s1. The fourth-order valence-corrected chi connectivity index (χ4v) is 5.86. The molecule has 29 heavy (non-hydrogen) atoms. The minimum atomic E-state index is 0.0762. The smallest absolute Gasteiger partial charge is 0.183 e. The van der Waals surface area contributed by atoms with E-state index in [0.717, 1.165) is 34.9 Å². The molecule has 4 heterocycles. The maximum atomic E-state index is 4.90. The topological polar surface area (TPSA) is 76.5 Å². The average molecular weight is 423 g/mol. The summed E-state index contributed by atoms with van der Waals surface area (Å²) in [5.41, 5.74) is 2.11. The fourth-order valence-electron chi connectivity index (χ4n) is 3.74. The van der Waals surface area contributed by atoms with Crippen molar-refractivity contribution >= 4 is 38.7 Å². The summed E-state index contributed by atoms with van der Waals surface area (Å²) < 4.78 is 0. The van der Waals surface area contributed by atoms with Crippen molar-refractivity contribution in [1.82, 2.24) is 24.9 Å². The Morgan fingerprint density at radius 2 is 1.97 bits per heavy atom. The lowest BCUT2D eigenvalue weighted by Gasteiger charge is -2.16. The first kappa shape index (κ1) is 18.6. The number of rotatable bonds is 5. The van der Waals surface area contributed by atoms with E-state index in [2.05, 4.69) is 34.1 Å². The standard InChI is InChI=1S/C21H22N6S2/c1-3-13-10-24-20(28-13)12(2)25-19-17-14-6-4-5-7-16(14)29-21(17)27-18(26-19)15-11-22-8-9-23-15/h8-12H,3-7H2,1-2H3,(H,25,26,27). The number of aromatic nitrogens is 5. The molecule has 1 aliphatic carbocycles. The van der Waals surface area contributed by atoms with Gasteiger partial charge in [0, 0.05) is 28.3 Å². The minimum Gasteiger partial charge on any atom is -0.360 e. The van der Waals surface area contributed by atoms with Crippen molar-refractivity contribution in [3.8, 4) is 11.5 Å². The van der Waals surface area contributed by atoms with Crippen molar-refractivity contribution in [1.29, 1.82) is 0 Å². The number of thiophene rings is 1. The Morgan fingerprint density at radius 3 is 2.76 bits per heavy atom. The van der Waals surface area contributed by atoms with E-state index in [1.165, 1.54) is 33.5 Å². The van der Waals surface area contributed by atoms with Crippen LogP contribution in [0.5, 0.6) is 0 Å². The van der Waals surface area contributed by atoms with E-state index in [9.17, 15) is 0 Å². The molecule has 0 saturated carbocycles. The monoisotopic (exact) mass is 422 g/mol. The molecule has 1 N–H and O–H groups in total. The second-order valence-electron chi connectivity index (χ2n) is 7.26. The van der Waals surface area contributed by atoms with Crippen LogP contribution in [0.4, 0.5) is 5.82 Å². The highest BCUT2D eigenvalue weighted by molar-refractivity contribution is 7.19. The number of aryl methyl sites for hydroxylation is 3. The molecule has 6 nitrogen and oxygen atoms in total. The van der Waals surface area contributed by atoms with Crippen LogP contribution in [0.3, 0.4) is 0 Å². The summed E-state index contributed by atoms with van der Waals surface area (Å²) in [6, 6.07) is 0.0762. The molecule has 0 fully saturated rings. The number of nitrogens with zero attached hydrogens (tertiary/aromatic N) is 5. The maximum absolute atomic E-state index is 4.90. The average Bonchev–Trinajstić information content (AvgIpc) is 3.39. The van der Waals surface area contributed by atoms with Gasteiger partial charge in [-0.05, 0) is 44.6 Å². The molecular formula is C21H22N6S2. The Morgan fingerprint density at radius 1 is 1.07 bits per heavy atom. The number of hydrogen-bond donors (Lipinski definition) is 1. The van der Waals surface area contributed by atoms with Gasteiger partial charge in [0.15, 0.2) is 5.82 Å². The predicted molar refractivity (Wildman–Crippen MR) is 119 cm³/mol. The van der Waals surface area contributed by atoms with E-state index in [1.807, 2.05) is 6.20 Å². The molecule has 1 aliphatic rings. The van der Waals surface area contributed by atoms with Crippen molar-refractivity contribution < 1.29 is 0 Å². The normalized spacial score (nSPS) is 14.7. The summed E-state index contributed by atoms with van der Waals surface area (Å²) in [6.07, 6.45) is 12.8. The summed E-state index contributed by atoms with van der Waals surface area (Å²) in [6.45, 7) is 4.31. The third-order valence-corrected chi connectivity index (χ3v) is 7.76. The van der Waals surface area contributed by atoms with Crippen LogP contribution in [0.15, 0.2) is 24.8 Å². The van der Waals surface area contributed by atoms with Crippen molar-refractivity contribution in [2.45, 2.75) is 52.0 Å². The zero-order chi connectivity index (χ0) is 19.8. The molecule has 5 rings (SSSR count). The maximum Gasteiger partial charge on any atom is 0.183 e. The van der Waals surface area contributed by atoms with E-state index >= 15 is 0 Å². The van der Waals surface area contributed by atoms with Crippen molar-refractivity contribution in [3.05, 3.63) is 45.1 Å². The van der Waals surface area contributed by atoms with Crippen LogP contribution >= 0.6 is 22.7 Å². The van der Waals surface area contributed by atoms with E-state index in [1.54, 1.807) is 41.3 Å². The number of nitrogens with one attached hydrogen (secondary N) is 1. The molecule has 4 aromatic heterocycles. The van der Waals surface area contributed by atoms with Gasteiger partial charge in [0.1, 0.15) is 21.3 Å². The molecule has 8 heteroatoms. The third kappa shape index (κ3) is 3.51. The fraction of sp³-hybridized carbons (Fsp3) is 0.381. The van der Waals surface area contributed by atoms with Crippen LogP contribution in [0.2, 0.25) is 0 Å².